The fraction of sp³-hybridized carbons (Fsp3) is 0.400. The molecule has 1 aromatic heterocycles. The predicted molar refractivity (Wildman–Crippen MR) is 87.0 cm³/mol. The van der Waals surface area contributed by atoms with Gasteiger partial charge in [-0.15, -0.1) is 23.7 Å². The van der Waals surface area contributed by atoms with Crippen LogP contribution in [0.4, 0.5) is 0 Å². The lowest BCUT2D eigenvalue weighted by Crippen LogP contribution is -2.38. The average Bonchev–Trinajstić information content (AvgIpc) is 2.93. The lowest BCUT2D eigenvalue weighted by molar-refractivity contribution is 0.0945. The minimum absolute atomic E-state index is 0. The summed E-state index contributed by atoms with van der Waals surface area (Å²) in [6.07, 6.45) is 2.41. The molecule has 1 unspecified atom stereocenters. The summed E-state index contributed by atoms with van der Waals surface area (Å²) in [7, 11) is 0. The number of fused-ring (bicyclic) bond motifs is 1. The lowest BCUT2D eigenvalue weighted by Gasteiger charge is -2.22. The van der Waals surface area contributed by atoms with E-state index in [-0.39, 0.29) is 18.3 Å². The van der Waals surface area contributed by atoms with E-state index in [1.807, 2.05) is 18.2 Å². The highest BCUT2D eigenvalue weighted by Crippen LogP contribution is 2.21. The van der Waals surface area contributed by atoms with Crippen LogP contribution >= 0.6 is 23.7 Å². The van der Waals surface area contributed by atoms with Crippen LogP contribution in [-0.2, 0) is 0 Å². The molecular weight excluding hydrogens is 292 g/mol. The Hall–Kier alpha value is -1.10. The maximum atomic E-state index is 12.1. The van der Waals surface area contributed by atoms with Crippen molar-refractivity contribution < 1.29 is 4.79 Å². The van der Waals surface area contributed by atoms with E-state index in [9.17, 15) is 4.79 Å². The highest BCUT2D eigenvalue weighted by molar-refractivity contribution is 7.17. The van der Waals surface area contributed by atoms with E-state index < -0.39 is 0 Å². The van der Waals surface area contributed by atoms with Crippen molar-refractivity contribution in [3.8, 4) is 0 Å². The van der Waals surface area contributed by atoms with Gasteiger partial charge in [0.05, 0.1) is 0 Å². The zero-order chi connectivity index (χ0) is 13.1. The number of thiophene rings is 1. The third-order valence-electron chi connectivity index (χ3n) is 3.66. The molecule has 1 aromatic carbocycles. The molecule has 0 bridgehead atoms. The van der Waals surface area contributed by atoms with Crippen LogP contribution in [0.3, 0.4) is 0 Å². The third kappa shape index (κ3) is 3.51. The maximum absolute atomic E-state index is 12.1. The Labute approximate surface area is 129 Å². The SMILES string of the molecule is Cl.O=C(NCC1CCCNC1)c1ccc2sccc2c1. The van der Waals surface area contributed by atoms with Gasteiger partial charge in [0.2, 0.25) is 0 Å². The fourth-order valence-electron chi connectivity index (χ4n) is 2.55. The summed E-state index contributed by atoms with van der Waals surface area (Å²) in [6, 6.07) is 7.96. The van der Waals surface area contributed by atoms with Gasteiger partial charge in [-0.25, -0.2) is 0 Å². The number of carbonyl (C=O) groups is 1. The van der Waals surface area contributed by atoms with Gasteiger partial charge in [0.1, 0.15) is 0 Å². The third-order valence-corrected chi connectivity index (χ3v) is 4.56. The lowest BCUT2D eigenvalue weighted by atomic mass is 9.99. The molecule has 0 saturated carbocycles. The van der Waals surface area contributed by atoms with E-state index in [4.69, 9.17) is 0 Å². The molecule has 3 rings (SSSR count). The van der Waals surface area contributed by atoms with Gasteiger partial charge in [-0.05, 0) is 66.9 Å². The normalized spacial score (nSPS) is 18.5. The number of piperidine rings is 1. The summed E-state index contributed by atoms with van der Waals surface area (Å²) >= 11 is 1.70. The van der Waals surface area contributed by atoms with Crippen LogP contribution in [0.15, 0.2) is 29.6 Å². The first-order chi connectivity index (χ1) is 9.33. The Bertz CT molecular complexity index is 578. The van der Waals surface area contributed by atoms with Gasteiger partial charge in [0.25, 0.3) is 5.91 Å². The molecule has 0 radical (unpaired) electrons. The molecule has 20 heavy (non-hydrogen) atoms. The van der Waals surface area contributed by atoms with Crippen LogP contribution in [0.2, 0.25) is 0 Å². The van der Waals surface area contributed by atoms with Gasteiger partial charge in [0.15, 0.2) is 0 Å². The quantitative estimate of drug-likeness (QED) is 0.915. The van der Waals surface area contributed by atoms with Crippen molar-refractivity contribution in [3.05, 3.63) is 35.2 Å². The monoisotopic (exact) mass is 310 g/mol. The van der Waals surface area contributed by atoms with Gasteiger partial charge in [0, 0.05) is 16.8 Å². The first-order valence-electron chi connectivity index (χ1n) is 6.79. The molecule has 1 aliphatic rings. The number of nitrogens with one attached hydrogen (secondary N) is 2. The van der Waals surface area contributed by atoms with Gasteiger partial charge < -0.3 is 10.6 Å². The molecule has 1 aliphatic heterocycles. The van der Waals surface area contributed by atoms with Crippen molar-refractivity contribution >= 4 is 39.7 Å². The largest absolute Gasteiger partial charge is 0.352 e. The van der Waals surface area contributed by atoms with E-state index in [1.165, 1.54) is 17.5 Å². The molecular formula is C15H19ClN2OS. The molecule has 1 fully saturated rings. The molecule has 108 valence electrons. The van der Waals surface area contributed by atoms with Crippen molar-refractivity contribution in [1.29, 1.82) is 0 Å². The molecule has 1 atom stereocenters. The van der Waals surface area contributed by atoms with Crippen LogP contribution < -0.4 is 10.6 Å². The Morgan fingerprint density at radius 2 is 2.30 bits per heavy atom. The van der Waals surface area contributed by atoms with E-state index in [0.717, 1.165) is 30.6 Å². The summed E-state index contributed by atoms with van der Waals surface area (Å²) in [5.74, 6) is 0.612. The van der Waals surface area contributed by atoms with Gasteiger partial charge in [-0.3, -0.25) is 4.79 Å². The van der Waals surface area contributed by atoms with E-state index in [1.54, 1.807) is 11.3 Å². The van der Waals surface area contributed by atoms with Crippen molar-refractivity contribution in [3.63, 3.8) is 0 Å². The summed E-state index contributed by atoms with van der Waals surface area (Å²) in [4.78, 5) is 12.1. The van der Waals surface area contributed by atoms with Crippen molar-refractivity contribution in [2.75, 3.05) is 19.6 Å². The Morgan fingerprint density at radius 1 is 1.40 bits per heavy atom. The second-order valence-corrected chi connectivity index (χ2v) is 6.04. The summed E-state index contributed by atoms with van der Waals surface area (Å²) in [5.41, 5.74) is 0.759. The number of halogens is 1. The van der Waals surface area contributed by atoms with Gasteiger partial charge in [-0.1, -0.05) is 0 Å². The smallest absolute Gasteiger partial charge is 0.251 e. The Morgan fingerprint density at radius 3 is 3.10 bits per heavy atom. The molecule has 0 aliphatic carbocycles. The van der Waals surface area contributed by atoms with E-state index in [2.05, 4.69) is 22.1 Å². The highest BCUT2D eigenvalue weighted by atomic mass is 35.5. The maximum Gasteiger partial charge on any atom is 0.251 e. The van der Waals surface area contributed by atoms with Gasteiger partial charge >= 0.3 is 0 Å². The van der Waals surface area contributed by atoms with Crippen LogP contribution in [-0.4, -0.2) is 25.5 Å². The van der Waals surface area contributed by atoms with Crippen LogP contribution in [0.5, 0.6) is 0 Å². The van der Waals surface area contributed by atoms with E-state index >= 15 is 0 Å². The highest BCUT2D eigenvalue weighted by Gasteiger charge is 2.14. The average molecular weight is 311 g/mol. The first-order valence-corrected chi connectivity index (χ1v) is 7.67. The van der Waals surface area contributed by atoms with Crippen LogP contribution in [0.25, 0.3) is 10.1 Å². The first kappa shape index (κ1) is 15.3. The molecule has 2 aromatic rings. The predicted octanol–water partition coefficient (Wildman–Crippen LogP) is 3.05. The van der Waals surface area contributed by atoms with Crippen molar-refractivity contribution in [2.24, 2.45) is 5.92 Å². The fourth-order valence-corrected chi connectivity index (χ4v) is 3.32. The molecule has 3 nitrogen and oxygen atoms in total. The molecule has 5 heteroatoms. The second kappa shape index (κ2) is 7.07. The minimum Gasteiger partial charge on any atom is -0.352 e. The molecule has 2 N–H and O–H groups in total. The topological polar surface area (TPSA) is 41.1 Å². The number of rotatable bonds is 3. The zero-order valence-electron chi connectivity index (χ0n) is 11.2. The molecule has 1 amide bonds. The second-order valence-electron chi connectivity index (χ2n) is 5.10. The number of carbonyl (C=O) groups excluding carboxylic acids is 1. The standard InChI is InChI=1S/C15H18N2OS.ClH/c18-15(17-10-11-2-1-6-16-9-11)13-3-4-14-12(8-13)5-7-19-14;/h3-5,7-8,11,16H,1-2,6,9-10H2,(H,17,18);1H. The minimum atomic E-state index is 0. The summed E-state index contributed by atoms with van der Waals surface area (Å²) in [6.45, 7) is 2.90. The molecule has 2 heterocycles. The summed E-state index contributed by atoms with van der Waals surface area (Å²) in [5, 5.41) is 9.62. The molecule has 1 saturated heterocycles. The van der Waals surface area contributed by atoms with Crippen molar-refractivity contribution in [1.82, 2.24) is 10.6 Å². The Kier molecular flexibility index (Phi) is 5.40. The number of amides is 1. The number of benzene rings is 1. The van der Waals surface area contributed by atoms with Crippen LogP contribution in [0, 0.1) is 5.92 Å². The van der Waals surface area contributed by atoms with Gasteiger partial charge in [-0.2, -0.15) is 0 Å². The van der Waals surface area contributed by atoms with Crippen LogP contribution in [0.1, 0.15) is 23.2 Å². The van der Waals surface area contributed by atoms with Crippen molar-refractivity contribution in [2.45, 2.75) is 12.8 Å². The van der Waals surface area contributed by atoms with E-state index in [0.29, 0.717) is 5.92 Å². The molecule has 0 spiro atoms. The Balaban J connectivity index is 0.00000147. The zero-order valence-corrected chi connectivity index (χ0v) is 12.9. The summed E-state index contributed by atoms with van der Waals surface area (Å²) < 4.78 is 1.23. The number of hydrogen-bond donors (Lipinski definition) is 2. The number of hydrogen-bond acceptors (Lipinski definition) is 3.